The van der Waals surface area contributed by atoms with Crippen molar-refractivity contribution < 1.29 is 9.59 Å². The zero-order chi connectivity index (χ0) is 14.3. The van der Waals surface area contributed by atoms with Crippen LogP contribution in [0, 0.1) is 9.49 Å². The van der Waals surface area contributed by atoms with Crippen LogP contribution in [-0.4, -0.2) is 28.8 Å². The molecule has 1 atom stereocenters. The zero-order valence-corrected chi connectivity index (χ0v) is 13.5. The summed E-state index contributed by atoms with van der Waals surface area (Å²) in [4.78, 5) is 26.2. The maximum absolute atomic E-state index is 12.7. The van der Waals surface area contributed by atoms with Gasteiger partial charge in [0.05, 0.1) is 6.54 Å². The molecule has 1 heterocycles. The van der Waals surface area contributed by atoms with E-state index in [-0.39, 0.29) is 18.4 Å². The molecule has 3 rings (SSSR count). The first kappa shape index (κ1) is 13.9. The molecule has 1 saturated carbocycles. The largest absolute Gasteiger partial charge is 0.340 e. The summed E-state index contributed by atoms with van der Waals surface area (Å²) in [5.41, 5.74) is 0.366. The van der Waals surface area contributed by atoms with Gasteiger partial charge in [0.1, 0.15) is 5.54 Å². The minimum Gasteiger partial charge on any atom is -0.340 e. The molecule has 2 aliphatic rings. The number of amides is 2. The van der Waals surface area contributed by atoms with Crippen molar-refractivity contribution in [3.05, 3.63) is 33.4 Å². The van der Waals surface area contributed by atoms with Crippen molar-refractivity contribution in [2.75, 3.05) is 6.54 Å². The van der Waals surface area contributed by atoms with E-state index in [9.17, 15) is 9.59 Å². The van der Waals surface area contributed by atoms with Crippen LogP contribution in [0.4, 0.5) is 0 Å². The average molecular weight is 384 g/mol. The van der Waals surface area contributed by atoms with Crippen LogP contribution >= 0.6 is 22.6 Å². The third-order valence-electron chi connectivity index (χ3n) is 4.15. The summed E-state index contributed by atoms with van der Waals surface area (Å²) in [5.74, 6) is 0.307. The fraction of sp³-hybridized carbons (Fsp3) is 0.467. The van der Waals surface area contributed by atoms with Gasteiger partial charge in [0, 0.05) is 10.1 Å². The number of hydrogen-bond acceptors (Lipinski definition) is 2. The number of carbonyl (C=O) groups excluding carboxylic acids is 2. The lowest BCUT2D eigenvalue weighted by molar-refractivity contribution is -0.150. The van der Waals surface area contributed by atoms with E-state index < -0.39 is 5.54 Å². The molecule has 0 radical (unpaired) electrons. The van der Waals surface area contributed by atoms with Gasteiger partial charge in [-0.25, -0.2) is 0 Å². The molecule has 5 heteroatoms. The molecule has 1 aromatic rings. The highest BCUT2D eigenvalue weighted by Gasteiger charge is 2.52. The fourth-order valence-electron chi connectivity index (χ4n) is 2.83. The first-order chi connectivity index (χ1) is 9.49. The molecule has 1 saturated heterocycles. The number of nitrogens with zero attached hydrogens (tertiary/aromatic N) is 1. The van der Waals surface area contributed by atoms with Gasteiger partial charge < -0.3 is 10.2 Å². The summed E-state index contributed by atoms with van der Waals surface area (Å²) in [6, 6.07) is 8.06. The van der Waals surface area contributed by atoms with Gasteiger partial charge in [0.25, 0.3) is 0 Å². The first-order valence-electron chi connectivity index (χ1n) is 6.84. The van der Waals surface area contributed by atoms with E-state index in [0.29, 0.717) is 12.5 Å². The summed E-state index contributed by atoms with van der Waals surface area (Å²) in [5, 5.41) is 2.90. The third-order valence-corrected chi connectivity index (χ3v) is 4.86. The second-order valence-electron chi connectivity index (χ2n) is 5.81. The Morgan fingerprint density at radius 1 is 1.30 bits per heavy atom. The Kier molecular flexibility index (Phi) is 3.48. The number of piperazine rings is 1. The number of carbonyl (C=O) groups is 2. The highest BCUT2D eigenvalue weighted by atomic mass is 127. The Labute approximate surface area is 132 Å². The van der Waals surface area contributed by atoms with Gasteiger partial charge in [0.15, 0.2) is 0 Å². The van der Waals surface area contributed by atoms with Crippen LogP contribution in [0.25, 0.3) is 0 Å². The van der Waals surface area contributed by atoms with E-state index in [2.05, 4.69) is 27.9 Å². The van der Waals surface area contributed by atoms with E-state index in [1.165, 1.54) is 0 Å². The first-order valence-corrected chi connectivity index (χ1v) is 7.92. The molecule has 1 aromatic carbocycles. The van der Waals surface area contributed by atoms with Crippen molar-refractivity contribution >= 4 is 34.4 Å². The average Bonchev–Trinajstić information content (AvgIpc) is 3.23. The summed E-state index contributed by atoms with van der Waals surface area (Å²) in [6.07, 6.45) is 2.06. The minimum atomic E-state index is -0.696. The van der Waals surface area contributed by atoms with Crippen molar-refractivity contribution in [3.8, 4) is 0 Å². The van der Waals surface area contributed by atoms with Crippen LogP contribution in [-0.2, 0) is 16.1 Å². The second-order valence-corrected chi connectivity index (χ2v) is 7.06. The van der Waals surface area contributed by atoms with Crippen LogP contribution in [0.1, 0.15) is 25.3 Å². The Hall–Kier alpha value is -1.11. The smallest absolute Gasteiger partial charge is 0.249 e. The van der Waals surface area contributed by atoms with Crippen molar-refractivity contribution in [1.82, 2.24) is 10.2 Å². The molecule has 0 aromatic heterocycles. The maximum atomic E-state index is 12.7. The molecular weight excluding hydrogens is 367 g/mol. The van der Waals surface area contributed by atoms with Crippen LogP contribution in [0.15, 0.2) is 24.3 Å². The highest BCUT2D eigenvalue weighted by molar-refractivity contribution is 14.1. The number of hydrogen-bond donors (Lipinski definition) is 1. The van der Waals surface area contributed by atoms with Gasteiger partial charge in [-0.2, -0.15) is 0 Å². The lowest BCUT2D eigenvalue weighted by atomic mass is 9.91. The highest BCUT2D eigenvalue weighted by Crippen LogP contribution is 2.41. The molecule has 4 nitrogen and oxygen atoms in total. The quantitative estimate of drug-likeness (QED) is 0.810. The molecule has 20 heavy (non-hydrogen) atoms. The van der Waals surface area contributed by atoms with Crippen molar-refractivity contribution in [2.45, 2.75) is 31.8 Å². The Morgan fingerprint density at radius 3 is 2.55 bits per heavy atom. The zero-order valence-electron chi connectivity index (χ0n) is 11.4. The van der Waals surface area contributed by atoms with Crippen molar-refractivity contribution in [2.24, 2.45) is 5.92 Å². The van der Waals surface area contributed by atoms with Crippen LogP contribution in [0.3, 0.4) is 0 Å². The van der Waals surface area contributed by atoms with Gasteiger partial charge in [-0.3, -0.25) is 9.59 Å². The summed E-state index contributed by atoms with van der Waals surface area (Å²) in [6.45, 7) is 2.53. The topological polar surface area (TPSA) is 49.4 Å². The number of benzene rings is 1. The van der Waals surface area contributed by atoms with E-state index in [1.807, 2.05) is 31.2 Å². The lowest BCUT2D eigenvalue weighted by Crippen LogP contribution is -2.66. The van der Waals surface area contributed by atoms with Gasteiger partial charge in [-0.05, 0) is 66.0 Å². The van der Waals surface area contributed by atoms with Gasteiger partial charge >= 0.3 is 0 Å². The standard InChI is InChI=1S/C15H17IN2O2/c1-15(11-4-5-11)14(20)18(9-13(19)17-15)8-10-2-6-12(16)7-3-10/h2-3,6-7,11H,4-5,8-9H2,1H3,(H,17,19). The summed E-state index contributed by atoms with van der Waals surface area (Å²) >= 11 is 2.25. The molecule has 0 bridgehead atoms. The van der Waals surface area contributed by atoms with E-state index >= 15 is 0 Å². The SMILES string of the molecule is CC1(C2CC2)NC(=O)CN(Cc2ccc(I)cc2)C1=O. The molecule has 106 valence electrons. The Balaban J connectivity index is 1.79. The molecule has 2 fully saturated rings. The third kappa shape index (κ3) is 2.55. The van der Waals surface area contributed by atoms with Gasteiger partial charge in [-0.15, -0.1) is 0 Å². The molecule has 1 aliphatic heterocycles. The predicted molar refractivity (Wildman–Crippen MR) is 83.8 cm³/mol. The molecule has 0 spiro atoms. The fourth-order valence-corrected chi connectivity index (χ4v) is 3.19. The van der Waals surface area contributed by atoms with Gasteiger partial charge in [0.2, 0.25) is 11.8 Å². The molecule has 2 amide bonds. The summed E-state index contributed by atoms with van der Waals surface area (Å²) in [7, 11) is 0. The molecular formula is C15H17IN2O2. The lowest BCUT2D eigenvalue weighted by Gasteiger charge is -2.40. The van der Waals surface area contributed by atoms with Crippen molar-refractivity contribution in [3.63, 3.8) is 0 Å². The number of nitrogens with one attached hydrogen (secondary N) is 1. The molecule has 1 unspecified atom stereocenters. The van der Waals surface area contributed by atoms with E-state index in [4.69, 9.17) is 0 Å². The van der Waals surface area contributed by atoms with Gasteiger partial charge in [-0.1, -0.05) is 12.1 Å². The van der Waals surface area contributed by atoms with Crippen LogP contribution < -0.4 is 5.32 Å². The van der Waals surface area contributed by atoms with Crippen LogP contribution in [0.2, 0.25) is 0 Å². The molecule has 1 N–H and O–H groups in total. The Morgan fingerprint density at radius 2 is 1.95 bits per heavy atom. The van der Waals surface area contributed by atoms with Crippen molar-refractivity contribution in [1.29, 1.82) is 0 Å². The maximum Gasteiger partial charge on any atom is 0.249 e. The molecule has 1 aliphatic carbocycles. The predicted octanol–water partition coefficient (Wildman–Crippen LogP) is 1.92. The number of rotatable bonds is 3. The minimum absolute atomic E-state index is 0.0514. The van der Waals surface area contributed by atoms with E-state index in [0.717, 1.165) is 22.0 Å². The Bertz CT molecular complexity index is 553. The van der Waals surface area contributed by atoms with Crippen LogP contribution in [0.5, 0.6) is 0 Å². The second kappa shape index (κ2) is 5.02. The number of halogens is 1. The summed E-state index contributed by atoms with van der Waals surface area (Å²) < 4.78 is 1.16. The monoisotopic (exact) mass is 384 g/mol. The van der Waals surface area contributed by atoms with E-state index in [1.54, 1.807) is 4.90 Å². The normalized spacial score (nSPS) is 26.6.